The zero-order valence-corrected chi connectivity index (χ0v) is 24.8. The maximum Gasteiger partial charge on any atom is 0.311 e. The van der Waals surface area contributed by atoms with Crippen LogP contribution in [0.3, 0.4) is 0 Å². The summed E-state index contributed by atoms with van der Waals surface area (Å²) < 4.78 is 23.5. The Morgan fingerprint density at radius 2 is 1.74 bits per heavy atom. The molecule has 2 saturated heterocycles. The van der Waals surface area contributed by atoms with Gasteiger partial charge >= 0.3 is 5.97 Å². The normalized spacial score (nSPS) is 45.2. The number of hydrogen-bond acceptors (Lipinski definition) is 10. The van der Waals surface area contributed by atoms with Crippen molar-refractivity contribution in [1.29, 1.82) is 0 Å². The molecule has 2 rings (SSSR count). The molecular formula is C28H51NO10. The Morgan fingerprint density at radius 1 is 1.10 bits per heavy atom. The third-order valence-electron chi connectivity index (χ3n) is 8.39. The lowest BCUT2D eigenvalue weighted by molar-refractivity contribution is -0.255. The minimum Gasteiger partial charge on any atom is -0.462 e. The summed E-state index contributed by atoms with van der Waals surface area (Å²) in [7, 11) is 1.49. The first-order valence-electron chi connectivity index (χ1n) is 14.1. The summed E-state index contributed by atoms with van der Waals surface area (Å²) in [5.74, 6) is -2.74. The molecule has 6 unspecified atom stereocenters. The Hall–Kier alpha value is -1.34. The van der Waals surface area contributed by atoms with Crippen molar-refractivity contribution in [3.8, 4) is 0 Å². The fraction of sp³-hybridized carbons (Fsp3) is 0.929. The molecule has 39 heavy (non-hydrogen) atoms. The predicted molar refractivity (Wildman–Crippen MR) is 142 cm³/mol. The molecule has 0 aromatic carbocycles. The molecule has 0 saturated carbocycles. The number of carbonyl (C=O) groups is 2. The van der Waals surface area contributed by atoms with Crippen LogP contribution in [0.5, 0.6) is 0 Å². The van der Waals surface area contributed by atoms with Crippen LogP contribution in [-0.2, 0) is 28.5 Å². The van der Waals surface area contributed by atoms with Crippen LogP contribution in [0, 0.1) is 23.7 Å². The van der Waals surface area contributed by atoms with E-state index in [4.69, 9.17) is 18.9 Å². The lowest BCUT2D eigenvalue weighted by Gasteiger charge is -2.41. The van der Waals surface area contributed by atoms with Crippen molar-refractivity contribution in [2.75, 3.05) is 20.3 Å². The molecule has 0 aliphatic carbocycles. The average molecular weight is 562 g/mol. The van der Waals surface area contributed by atoms with Gasteiger partial charge in [0.2, 0.25) is 5.91 Å². The molecule has 1 amide bonds. The van der Waals surface area contributed by atoms with Crippen molar-refractivity contribution in [2.45, 2.75) is 122 Å². The van der Waals surface area contributed by atoms with E-state index in [0.29, 0.717) is 12.8 Å². The molecule has 0 spiro atoms. The summed E-state index contributed by atoms with van der Waals surface area (Å²) in [5.41, 5.74) is -3.00. The van der Waals surface area contributed by atoms with Gasteiger partial charge in [0, 0.05) is 19.4 Å². The molecule has 0 aromatic heterocycles. The van der Waals surface area contributed by atoms with E-state index in [1.807, 2.05) is 13.8 Å². The molecule has 0 radical (unpaired) electrons. The summed E-state index contributed by atoms with van der Waals surface area (Å²) in [6, 6.07) is 0. The van der Waals surface area contributed by atoms with Crippen LogP contribution >= 0.6 is 0 Å². The standard InChI is InChI=1S/C28H51NO10/c1-15-11-22(38-19(5)23(15)31)39-20-9-10-27(6,34)12-16(2)24(36-13-21(30)29-8)18(4)25(32)28(7,35)14-37-26(33)17(20)3/h15-20,22-25,31-32,34-35H,9-14H2,1-8H3,(H,29,30)/t15?,16-,17?,18?,19?,20+,22+,23-,24?,25?,27+,28-/m1/s1. The van der Waals surface area contributed by atoms with E-state index < -0.39 is 72.4 Å². The third kappa shape index (κ3) is 9.34. The fourth-order valence-electron chi connectivity index (χ4n) is 5.77. The van der Waals surface area contributed by atoms with Gasteiger partial charge in [0.1, 0.15) is 18.8 Å². The Kier molecular flexibility index (Phi) is 12.2. The van der Waals surface area contributed by atoms with Crippen LogP contribution in [0.1, 0.15) is 74.1 Å². The number of aliphatic hydroxyl groups excluding tert-OH is 2. The maximum atomic E-state index is 13.1. The number of rotatable bonds is 5. The summed E-state index contributed by atoms with van der Waals surface area (Å²) in [4.78, 5) is 25.0. The van der Waals surface area contributed by atoms with Gasteiger partial charge in [-0.25, -0.2) is 0 Å². The Bertz CT molecular complexity index is 793. The van der Waals surface area contributed by atoms with E-state index in [1.165, 1.54) is 14.0 Å². The predicted octanol–water partition coefficient (Wildman–Crippen LogP) is 1.13. The van der Waals surface area contributed by atoms with Crippen molar-refractivity contribution in [2.24, 2.45) is 23.7 Å². The second-order valence-corrected chi connectivity index (χ2v) is 12.4. The van der Waals surface area contributed by atoms with Crippen molar-refractivity contribution < 1.29 is 49.0 Å². The Balaban J connectivity index is 2.32. The van der Waals surface area contributed by atoms with E-state index in [2.05, 4.69) is 5.32 Å². The smallest absolute Gasteiger partial charge is 0.311 e. The number of nitrogens with one attached hydrogen (secondary N) is 1. The van der Waals surface area contributed by atoms with Crippen molar-refractivity contribution in [1.82, 2.24) is 5.32 Å². The highest BCUT2D eigenvalue weighted by Crippen LogP contribution is 2.35. The van der Waals surface area contributed by atoms with E-state index in [0.717, 1.165) is 0 Å². The lowest BCUT2D eigenvalue weighted by atomic mass is 9.77. The SMILES string of the molecule is CNC(=O)COC1C(C)C(O)[C@](C)(O)COC(=O)C(C)[C@@H](O[C@H]2CC(C)[C@@H](O)C(C)O2)CC[C@](C)(O)C[C@H]1C. The van der Waals surface area contributed by atoms with Gasteiger partial charge < -0.3 is 44.7 Å². The first-order chi connectivity index (χ1) is 18.0. The molecule has 2 aliphatic rings. The zero-order valence-electron chi connectivity index (χ0n) is 24.8. The molecule has 228 valence electrons. The fourth-order valence-corrected chi connectivity index (χ4v) is 5.77. The van der Waals surface area contributed by atoms with Gasteiger partial charge in [-0.15, -0.1) is 0 Å². The molecule has 2 fully saturated rings. The van der Waals surface area contributed by atoms with Gasteiger partial charge in [0.05, 0.1) is 42.0 Å². The van der Waals surface area contributed by atoms with E-state index >= 15 is 0 Å². The molecule has 0 bridgehead atoms. The molecular weight excluding hydrogens is 510 g/mol. The number of hydrogen-bond donors (Lipinski definition) is 5. The van der Waals surface area contributed by atoms with Crippen LogP contribution in [-0.4, -0.2) is 101 Å². The number of ether oxygens (including phenoxy) is 4. The molecule has 5 N–H and O–H groups in total. The largest absolute Gasteiger partial charge is 0.462 e. The van der Waals surface area contributed by atoms with Gasteiger partial charge in [-0.1, -0.05) is 20.8 Å². The highest BCUT2D eigenvalue weighted by molar-refractivity contribution is 5.76. The second kappa shape index (κ2) is 14.0. The third-order valence-corrected chi connectivity index (χ3v) is 8.39. The Morgan fingerprint density at radius 3 is 2.33 bits per heavy atom. The summed E-state index contributed by atoms with van der Waals surface area (Å²) >= 11 is 0. The number of likely N-dealkylation sites (N-methyl/N-ethyl adjacent to an activating group) is 1. The van der Waals surface area contributed by atoms with Gasteiger partial charge in [-0.3, -0.25) is 9.59 Å². The molecule has 11 nitrogen and oxygen atoms in total. The van der Waals surface area contributed by atoms with Gasteiger partial charge in [-0.2, -0.15) is 0 Å². The topological polar surface area (TPSA) is 164 Å². The Labute approximate surface area is 232 Å². The van der Waals surface area contributed by atoms with Crippen molar-refractivity contribution in [3.63, 3.8) is 0 Å². The van der Waals surface area contributed by atoms with Gasteiger partial charge in [0.25, 0.3) is 0 Å². The molecule has 0 aromatic rings. The quantitative estimate of drug-likeness (QED) is 0.307. The molecule has 2 heterocycles. The highest BCUT2D eigenvalue weighted by Gasteiger charge is 2.44. The zero-order chi connectivity index (χ0) is 29.7. The van der Waals surface area contributed by atoms with E-state index in [1.54, 1.807) is 27.7 Å². The minimum atomic E-state index is -1.81. The highest BCUT2D eigenvalue weighted by atomic mass is 16.7. The van der Waals surface area contributed by atoms with Gasteiger partial charge in [0.15, 0.2) is 6.29 Å². The first-order valence-corrected chi connectivity index (χ1v) is 14.1. The summed E-state index contributed by atoms with van der Waals surface area (Å²) in [6.45, 7) is 11.3. The summed E-state index contributed by atoms with van der Waals surface area (Å²) in [6.07, 6.45) is -3.09. The van der Waals surface area contributed by atoms with Crippen LogP contribution in [0.15, 0.2) is 0 Å². The van der Waals surface area contributed by atoms with Crippen LogP contribution in [0.25, 0.3) is 0 Å². The van der Waals surface area contributed by atoms with Crippen LogP contribution in [0.2, 0.25) is 0 Å². The number of aliphatic hydroxyl groups is 4. The number of carbonyl (C=O) groups excluding carboxylic acids is 2. The maximum absolute atomic E-state index is 13.1. The van der Waals surface area contributed by atoms with Crippen molar-refractivity contribution in [3.05, 3.63) is 0 Å². The molecule has 11 heteroatoms. The lowest BCUT2D eigenvalue weighted by Crippen LogP contribution is -2.53. The van der Waals surface area contributed by atoms with Gasteiger partial charge in [-0.05, 0) is 58.8 Å². The van der Waals surface area contributed by atoms with E-state index in [9.17, 15) is 30.0 Å². The number of amides is 1. The number of cyclic esters (lactones) is 1. The van der Waals surface area contributed by atoms with Crippen LogP contribution < -0.4 is 5.32 Å². The average Bonchev–Trinajstić information content (AvgIpc) is 2.86. The molecule has 12 atom stereocenters. The minimum absolute atomic E-state index is 0.0613. The monoisotopic (exact) mass is 561 g/mol. The van der Waals surface area contributed by atoms with Crippen LogP contribution in [0.4, 0.5) is 0 Å². The number of esters is 1. The molecule has 2 aliphatic heterocycles. The first kappa shape index (κ1) is 33.9. The summed E-state index contributed by atoms with van der Waals surface area (Å²) in [5, 5.41) is 46.3. The van der Waals surface area contributed by atoms with Crippen molar-refractivity contribution >= 4 is 11.9 Å². The van der Waals surface area contributed by atoms with E-state index in [-0.39, 0.29) is 37.2 Å². The second-order valence-electron chi connectivity index (χ2n) is 12.4.